The number of halogens is 1. The second-order valence-electron chi connectivity index (χ2n) is 4.06. The molecule has 96 valence electrons. The van der Waals surface area contributed by atoms with Gasteiger partial charge in [0.15, 0.2) is 5.82 Å². The molecule has 0 bridgehead atoms. The van der Waals surface area contributed by atoms with Crippen molar-refractivity contribution in [2.75, 3.05) is 5.32 Å². The van der Waals surface area contributed by atoms with Crippen LogP contribution in [0, 0.1) is 0 Å². The standard InChI is InChI=1S/C12H14ClN3OS/c1-8(2)14-12-15-11(16-17-12)7-18-10-5-3-4-9(13)6-10/h3-6,8H,7H2,1-2H3,(H,14,15,16). The molecule has 6 heteroatoms. The second-order valence-corrected chi connectivity index (χ2v) is 5.55. The Labute approximate surface area is 115 Å². The summed E-state index contributed by atoms with van der Waals surface area (Å²) in [7, 11) is 0. The summed E-state index contributed by atoms with van der Waals surface area (Å²) < 4.78 is 5.08. The normalized spacial score (nSPS) is 10.9. The number of nitrogens with zero attached hydrogens (tertiary/aromatic N) is 2. The molecule has 0 radical (unpaired) electrons. The van der Waals surface area contributed by atoms with Crippen LogP contribution in [0.4, 0.5) is 6.01 Å². The minimum Gasteiger partial charge on any atom is -0.336 e. The summed E-state index contributed by atoms with van der Waals surface area (Å²) in [6.07, 6.45) is 0. The first-order chi connectivity index (χ1) is 8.63. The molecule has 0 aliphatic carbocycles. The number of rotatable bonds is 5. The van der Waals surface area contributed by atoms with Gasteiger partial charge in [-0.15, -0.1) is 11.8 Å². The van der Waals surface area contributed by atoms with Crippen molar-refractivity contribution in [3.05, 3.63) is 35.1 Å². The molecule has 0 amide bonds. The van der Waals surface area contributed by atoms with Crippen molar-refractivity contribution in [1.82, 2.24) is 10.1 Å². The highest BCUT2D eigenvalue weighted by atomic mass is 35.5. The molecule has 1 heterocycles. The molecule has 0 spiro atoms. The number of aromatic nitrogens is 2. The minimum absolute atomic E-state index is 0.277. The van der Waals surface area contributed by atoms with Gasteiger partial charge in [-0.3, -0.25) is 0 Å². The number of thioether (sulfide) groups is 1. The fourth-order valence-electron chi connectivity index (χ4n) is 1.32. The quantitative estimate of drug-likeness (QED) is 0.845. The van der Waals surface area contributed by atoms with Gasteiger partial charge >= 0.3 is 6.01 Å². The Bertz CT molecular complexity index is 516. The number of nitrogens with one attached hydrogen (secondary N) is 1. The van der Waals surface area contributed by atoms with Crippen LogP contribution in [0.3, 0.4) is 0 Å². The van der Waals surface area contributed by atoms with Gasteiger partial charge in [0.25, 0.3) is 0 Å². The molecule has 1 aromatic carbocycles. The summed E-state index contributed by atoms with van der Waals surface area (Å²) in [6.45, 7) is 4.04. The maximum atomic E-state index is 5.91. The first-order valence-corrected chi connectivity index (χ1v) is 6.97. The van der Waals surface area contributed by atoms with Crippen molar-refractivity contribution >= 4 is 29.4 Å². The van der Waals surface area contributed by atoms with Crippen molar-refractivity contribution in [1.29, 1.82) is 0 Å². The van der Waals surface area contributed by atoms with Crippen molar-refractivity contribution in [3.8, 4) is 0 Å². The van der Waals surface area contributed by atoms with Gasteiger partial charge in [0.1, 0.15) is 0 Å². The lowest BCUT2D eigenvalue weighted by Crippen LogP contribution is -2.09. The van der Waals surface area contributed by atoms with E-state index in [9.17, 15) is 0 Å². The molecule has 4 nitrogen and oxygen atoms in total. The lowest BCUT2D eigenvalue weighted by atomic mass is 10.4. The van der Waals surface area contributed by atoms with E-state index in [-0.39, 0.29) is 6.04 Å². The van der Waals surface area contributed by atoms with E-state index in [4.69, 9.17) is 16.1 Å². The molecule has 0 atom stereocenters. The highest BCUT2D eigenvalue weighted by molar-refractivity contribution is 7.98. The van der Waals surface area contributed by atoms with Gasteiger partial charge in [-0.1, -0.05) is 22.8 Å². The van der Waals surface area contributed by atoms with Crippen LogP contribution < -0.4 is 5.32 Å². The molecule has 2 aromatic rings. The molecule has 2 rings (SSSR count). The van der Waals surface area contributed by atoms with Crippen LogP contribution >= 0.6 is 23.4 Å². The van der Waals surface area contributed by atoms with E-state index in [1.807, 2.05) is 38.1 Å². The molecule has 18 heavy (non-hydrogen) atoms. The van der Waals surface area contributed by atoms with Gasteiger partial charge in [-0.05, 0) is 32.0 Å². The lowest BCUT2D eigenvalue weighted by Gasteiger charge is -2.01. The van der Waals surface area contributed by atoms with Gasteiger partial charge in [-0.2, -0.15) is 4.98 Å². The average molecular weight is 284 g/mol. The fourth-order valence-corrected chi connectivity index (χ4v) is 2.38. The van der Waals surface area contributed by atoms with Crippen LogP contribution in [-0.2, 0) is 5.75 Å². The monoisotopic (exact) mass is 283 g/mol. The van der Waals surface area contributed by atoms with Crippen LogP contribution in [0.15, 0.2) is 33.7 Å². The smallest absolute Gasteiger partial charge is 0.321 e. The zero-order chi connectivity index (χ0) is 13.0. The molecule has 0 aliphatic heterocycles. The van der Waals surface area contributed by atoms with E-state index in [1.165, 1.54) is 0 Å². The molecule has 0 unspecified atom stereocenters. The Morgan fingerprint density at radius 1 is 1.44 bits per heavy atom. The topological polar surface area (TPSA) is 51.0 Å². The van der Waals surface area contributed by atoms with Crippen LogP contribution in [-0.4, -0.2) is 16.2 Å². The van der Waals surface area contributed by atoms with Crippen LogP contribution in [0.2, 0.25) is 5.02 Å². The van der Waals surface area contributed by atoms with E-state index >= 15 is 0 Å². The van der Waals surface area contributed by atoms with Crippen LogP contribution in [0.1, 0.15) is 19.7 Å². The fraction of sp³-hybridized carbons (Fsp3) is 0.333. The average Bonchev–Trinajstić information content (AvgIpc) is 2.73. The number of hydrogen-bond acceptors (Lipinski definition) is 5. The predicted molar refractivity (Wildman–Crippen MR) is 74.1 cm³/mol. The summed E-state index contributed by atoms with van der Waals surface area (Å²) in [5.41, 5.74) is 0. The SMILES string of the molecule is CC(C)Nc1nc(CSc2cccc(Cl)c2)no1. The third kappa shape index (κ3) is 3.92. The highest BCUT2D eigenvalue weighted by Gasteiger charge is 2.07. The van der Waals surface area contributed by atoms with Crippen molar-refractivity contribution in [3.63, 3.8) is 0 Å². The second kappa shape index (κ2) is 6.11. The van der Waals surface area contributed by atoms with Crippen molar-refractivity contribution in [2.45, 2.75) is 30.5 Å². The lowest BCUT2D eigenvalue weighted by molar-refractivity contribution is 0.422. The minimum atomic E-state index is 0.277. The van der Waals surface area contributed by atoms with Crippen molar-refractivity contribution < 1.29 is 4.52 Å². The van der Waals surface area contributed by atoms with Gasteiger partial charge in [-0.25, -0.2) is 0 Å². The van der Waals surface area contributed by atoms with E-state index < -0.39 is 0 Å². The maximum Gasteiger partial charge on any atom is 0.321 e. The Hall–Kier alpha value is -1.20. The molecule has 1 N–H and O–H groups in total. The summed E-state index contributed by atoms with van der Waals surface area (Å²) in [6, 6.07) is 8.44. The zero-order valence-electron chi connectivity index (χ0n) is 10.2. The van der Waals surface area contributed by atoms with E-state index in [1.54, 1.807) is 11.8 Å². The van der Waals surface area contributed by atoms with E-state index in [0.717, 1.165) is 9.92 Å². The molecular weight excluding hydrogens is 270 g/mol. The first-order valence-electron chi connectivity index (χ1n) is 5.61. The largest absolute Gasteiger partial charge is 0.336 e. The van der Waals surface area contributed by atoms with Crippen molar-refractivity contribution in [2.24, 2.45) is 0 Å². The molecule has 0 fully saturated rings. The summed E-state index contributed by atoms with van der Waals surface area (Å²) in [4.78, 5) is 5.33. The Morgan fingerprint density at radius 3 is 3.00 bits per heavy atom. The summed E-state index contributed by atoms with van der Waals surface area (Å²) >= 11 is 7.54. The molecule has 1 aromatic heterocycles. The maximum absolute atomic E-state index is 5.91. The third-order valence-corrected chi connectivity index (χ3v) is 3.27. The first kappa shape index (κ1) is 13.2. The van der Waals surface area contributed by atoms with Crippen LogP contribution in [0.25, 0.3) is 0 Å². The third-order valence-electron chi connectivity index (χ3n) is 2.04. The number of benzene rings is 1. The number of hydrogen-bond donors (Lipinski definition) is 1. The molecule has 0 aliphatic rings. The molecular formula is C12H14ClN3OS. The Balaban J connectivity index is 1.92. The summed E-state index contributed by atoms with van der Waals surface area (Å²) in [5.74, 6) is 1.33. The van der Waals surface area contributed by atoms with E-state index in [0.29, 0.717) is 17.6 Å². The molecule has 0 saturated carbocycles. The van der Waals surface area contributed by atoms with Gasteiger partial charge in [0, 0.05) is 16.0 Å². The Kier molecular flexibility index (Phi) is 4.49. The van der Waals surface area contributed by atoms with Gasteiger partial charge in [0.2, 0.25) is 0 Å². The summed E-state index contributed by atoms with van der Waals surface area (Å²) in [5, 5.41) is 7.70. The predicted octanol–water partition coefficient (Wildman–Crippen LogP) is 3.84. The number of anilines is 1. The molecule has 0 saturated heterocycles. The van der Waals surface area contributed by atoms with E-state index in [2.05, 4.69) is 15.5 Å². The Morgan fingerprint density at radius 2 is 2.28 bits per heavy atom. The van der Waals surface area contributed by atoms with Gasteiger partial charge < -0.3 is 9.84 Å². The highest BCUT2D eigenvalue weighted by Crippen LogP contribution is 2.24. The van der Waals surface area contributed by atoms with Crippen LogP contribution in [0.5, 0.6) is 0 Å². The van der Waals surface area contributed by atoms with Gasteiger partial charge in [0.05, 0.1) is 5.75 Å². The zero-order valence-corrected chi connectivity index (χ0v) is 11.8.